The van der Waals surface area contributed by atoms with Crippen LogP contribution in [0.2, 0.25) is 0 Å². The lowest BCUT2D eigenvalue weighted by Crippen LogP contribution is -2.65. The summed E-state index contributed by atoms with van der Waals surface area (Å²) in [5.74, 6) is 15.0. The summed E-state index contributed by atoms with van der Waals surface area (Å²) in [7, 11) is 0. The maximum absolute atomic E-state index is 11.7. The van der Waals surface area contributed by atoms with Gasteiger partial charge in [-0.05, 0) is 376 Å². The number of fused-ring (bicyclic) bond motifs is 20. The second-order valence-corrected chi connectivity index (χ2v) is 47.7. The van der Waals surface area contributed by atoms with Gasteiger partial charge in [-0.15, -0.1) is 0 Å². The Morgan fingerprint density at radius 3 is 0.719 bits per heavy atom. The smallest absolute Gasteiger partial charge is 0.0605 e. The molecule has 114 heavy (non-hydrogen) atoms. The number of hydrogen-bond acceptors (Lipinski definition) is 10. The average molecular weight is 1590 g/mol. The molecule has 0 heterocycles. The highest BCUT2D eigenvalue weighted by Crippen LogP contribution is 2.76. The van der Waals surface area contributed by atoms with E-state index in [-0.39, 0.29) is 82.7 Å². The van der Waals surface area contributed by atoms with Crippen molar-refractivity contribution >= 4 is 0 Å². The van der Waals surface area contributed by atoms with Gasteiger partial charge in [0.2, 0.25) is 0 Å². The Morgan fingerprint density at radius 1 is 0.237 bits per heavy atom. The van der Waals surface area contributed by atoms with E-state index in [2.05, 4.69) is 138 Å². The zero-order valence-electron chi connectivity index (χ0n) is 77.3. The third-order valence-electron chi connectivity index (χ3n) is 43.8. The minimum atomic E-state index is -0.273. The second kappa shape index (κ2) is 35.2. The third kappa shape index (κ3) is 14.8. The van der Waals surface area contributed by atoms with Crippen molar-refractivity contribution in [1.29, 1.82) is 0 Å². The molecule has 10 nitrogen and oxygen atoms in total. The first-order chi connectivity index (χ1) is 53.9. The van der Waals surface area contributed by atoms with Crippen molar-refractivity contribution in [1.82, 2.24) is 0 Å². The lowest BCUT2D eigenvalue weighted by molar-refractivity contribution is -0.228. The Kier molecular flexibility index (Phi) is 28.2. The van der Waals surface area contributed by atoms with E-state index in [4.69, 9.17) is 0 Å². The fourth-order valence-corrected chi connectivity index (χ4v) is 38.3. The van der Waals surface area contributed by atoms with Crippen LogP contribution >= 0.6 is 0 Å². The van der Waals surface area contributed by atoms with Gasteiger partial charge in [-0.2, -0.15) is 0 Å². The van der Waals surface area contributed by atoms with Gasteiger partial charge in [0.15, 0.2) is 0 Å². The van der Waals surface area contributed by atoms with Crippen LogP contribution in [-0.2, 0) is 0 Å². The van der Waals surface area contributed by atoms with Gasteiger partial charge < -0.3 is 51.1 Å². The minimum Gasteiger partial charge on any atom is -0.393 e. The summed E-state index contributed by atoms with van der Waals surface area (Å²) in [5, 5.41) is 112. The molecule has 16 aliphatic rings. The number of rotatable bonds is 16. The van der Waals surface area contributed by atoms with Crippen molar-refractivity contribution in [2.75, 3.05) is 0 Å². The van der Waals surface area contributed by atoms with Crippen LogP contribution in [0.5, 0.6) is 0 Å². The van der Waals surface area contributed by atoms with E-state index in [0.29, 0.717) is 164 Å². The highest BCUT2D eigenvalue weighted by atomic mass is 16.3. The van der Waals surface area contributed by atoms with Crippen LogP contribution in [0.25, 0.3) is 0 Å². The molecule has 660 valence electrons. The Morgan fingerprint density at radius 2 is 0.456 bits per heavy atom. The lowest BCUT2D eigenvalue weighted by atomic mass is 9.41. The van der Waals surface area contributed by atoms with E-state index in [1.807, 2.05) is 0 Å². The van der Waals surface area contributed by atoms with Gasteiger partial charge in [0.25, 0.3) is 0 Å². The van der Waals surface area contributed by atoms with E-state index in [1.165, 1.54) is 141 Å². The predicted molar refractivity (Wildman–Crippen MR) is 466 cm³/mol. The minimum absolute atomic E-state index is 0.0492. The molecule has 0 aromatic heterocycles. The largest absolute Gasteiger partial charge is 0.393 e. The van der Waals surface area contributed by atoms with E-state index in [0.717, 1.165) is 126 Å². The summed E-state index contributed by atoms with van der Waals surface area (Å²) in [6, 6.07) is 0. The van der Waals surface area contributed by atoms with E-state index in [1.54, 1.807) is 0 Å². The molecule has 46 atom stereocenters. The van der Waals surface area contributed by atoms with Crippen LogP contribution in [-0.4, -0.2) is 112 Å². The van der Waals surface area contributed by atoms with E-state index < -0.39 is 0 Å². The standard InChI is InChI=1S/2C26H46O3.2C26H46O2/c2*1-6-8-15(3)18-9-10-19-23-21(14-22(28)26(18,19)5)25(4)12-11-16(27)13-20(25)17(7-2)24(23)29;2*1-6-8-16(3)19-9-10-20-23-21(12-14-25(19,20)4)26(5)13-11-17(27)15-22(26)18(7-2)24(23)28/h2*15-24,27-29H,6-14H2,1-5H3;2*16-24,27-28H,6-15H2,1-5H3/t15-,16-,17-,18-,19?,20+,21?,22+,23?,24+,25+,26-;15-,16-,17-,18-,19?,20+,21?,22+,23?,24-,25+,26-;16-,17-,18-,19-,20?,21?,22+,23?,24+,25-,26-;16-,17-,18-,19-,20?,21?,22+,23?,24-,25-,26-/m1111/s1. The Balaban J connectivity index is 0.000000133. The molecule has 12 unspecified atom stereocenters. The van der Waals surface area contributed by atoms with E-state index in [9.17, 15) is 51.1 Å². The Hall–Kier alpha value is -0.400. The highest BCUT2D eigenvalue weighted by Gasteiger charge is 2.72. The molecule has 0 radical (unpaired) electrons. The van der Waals surface area contributed by atoms with E-state index >= 15 is 0 Å². The predicted octanol–water partition coefficient (Wildman–Crippen LogP) is 22.1. The first-order valence-electron chi connectivity index (χ1n) is 50.7. The quantitative estimate of drug-likeness (QED) is 0.0709. The van der Waals surface area contributed by atoms with Crippen molar-refractivity contribution < 1.29 is 51.1 Å². The van der Waals surface area contributed by atoms with Crippen LogP contribution < -0.4 is 0 Å². The molecular formula is C104H184O10. The van der Waals surface area contributed by atoms with Crippen molar-refractivity contribution in [2.45, 2.75) is 444 Å². The number of hydrogen-bond donors (Lipinski definition) is 10. The fourth-order valence-electron chi connectivity index (χ4n) is 38.3. The van der Waals surface area contributed by atoms with Crippen LogP contribution in [0.3, 0.4) is 0 Å². The normalized spacial score (nSPS) is 55.1. The molecule has 0 amide bonds. The van der Waals surface area contributed by atoms with Gasteiger partial charge in [-0.25, -0.2) is 0 Å². The van der Waals surface area contributed by atoms with Crippen molar-refractivity contribution in [2.24, 2.45) is 209 Å². The molecule has 0 saturated heterocycles. The Labute approximate surface area is 699 Å². The van der Waals surface area contributed by atoms with Gasteiger partial charge >= 0.3 is 0 Å². The Bertz CT molecular complexity index is 2910. The summed E-state index contributed by atoms with van der Waals surface area (Å²) >= 11 is 0. The molecular weight excluding hydrogens is 1410 g/mol. The summed E-state index contributed by atoms with van der Waals surface area (Å²) < 4.78 is 0. The first-order valence-corrected chi connectivity index (χ1v) is 50.7. The van der Waals surface area contributed by atoms with Gasteiger partial charge in [0.05, 0.1) is 61.0 Å². The molecule has 0 bridgehead atoms. The van der Waals surface area contributed by atoms with Crippen LogP contribution in [0, 0.1) is 209 Å². The van der Waals surface area contributed by atoms with Gasteiger partial charge in [-0.3, -0.25) is 0 Å². The first kappa shape index (κ1) is 91.3. The molecule has 16 fully saturated rings. The molecule has 0 spiro atoms. The SMILES string of the molecule is CCC[C@@H](C)[C@H]1CCC2C3C(CC[C@@]21C)[C@@]1(C)CC[C@@H](O)C[C@H]1[C@@H](CC)[C@@H]3O.CCC[C@@H](C)[C@H]1CCC2C3C(CC[C@@]21C)[C@@]1(C)CC[C@@H](O)C[C@H]1[C@@H](CC)[C@H]3O.CCC[C@@H](C)[C@H]1CCC2C3C(C[C@H](O)[C@@]21C)[C@@]1(C)CC[C@@H](O)C[C@H]1[C@@H](CC)[C@@H]3O.CCC[C@@H](C)[C@H]1CCC2C3C(C[C@H](O)[C@@]21C)[C@@]1(C)CC[C@@H](O)C[C@H]1[C@@H](CC)[C@H]3O. The molecule has 16 saturated carbocycles. The molecule has 0 aromatic rings. The van der Waals surface area contributed by atoms with Crippen molar-refractivity contribution in [3.63, 3.8) is 0 Å². The number of aliphatic hydroxyl groups excluding tert-OH is 10. The van der Waals surface area contributed by atoms with Crippen molar-refractivity contribution in [3.05, 3.63) is 0 Å². The average Bonchev–Trinajstić information content (AvgIpc) is 1.99. The monoisotopic (exact) mass is 1590 g/mol. The molecule has 0 aromatic carbocycles. The molecule has 0 aliphatic heterocycles. The van der Waals surface area contributed by atoms with Crippen molar-refractivity contribution in [3.8, 4) is 0 Å². The summed E-state index contributed by atoms with van der Waals surface area (Å²) in [6.07, 6.45) is 41.2. The van der Waals surface area contributed by atoms with Crippen LogP contribution in [0.4, 0.5) is 0 Å². The lowest BCUT2D eigenvalue weighted by Gasteiger charge is -2.65. The summed E-state index contributed by atoms with van der Waals surface area (Å²) in [6.45, 7) is 47.9. The van der Waals surface area contributed by atoms with Gasteiger partial charge in [-0.1, -0.05) is 216 Å². The molecule has 10 N–H and O–H groups in total. The molecule has 16 rings (SSSR count). The maximum Gasteiger partial charge on any atom is 0.0605 e. The zero-order valence-corrected chi connectivity index (χ0v) is 77.3. The van der Waals surface area contributed by atoms with Crippen LogP contribution in [0.1, 0.15) is 382 Å². The maximum atomic E-state index is 11.7. The van der Waals surface area contributed by atoms with Gasteiger partial charge in [0.1, 0.15) is 0 Å². The fraction of sp³-hybridized carbons (Fsp3) is 1.00. The zero-order chi connectivity index (χ0) is 82.8. The van der Waals surface area contributed by atoms with Crippen LogP contribution in [0.15, 0.2) is 0 Å². The number of aliphatic hydroxyl groups is 10. The summed E-state index contributed by atoms with van der Waals surface area (Å²) in [5.41, 5.74) is 1.74. The highest BCUT2D eigenvalue weighted by molar-refractivity contribution is 5.21. The third-order valence-corrected chi connectivity index (χ3v) is 43.8. The molecule has 16 aliphatic carbocycles. The topological polar surface area (TPSA) is 202 Å². The molecule has 10 heteroatoms. The second-order valence-electron chi connectivity index (χ2n) is 47.7. The van der Waals surface area contributed by atoms with Gasteiger partial charge in [0, 0.05) is 0 Å². The summed E-state index contributed by atoms with van der Waals surface area (Å²) in [4.78, 5) is 0.